The molecule has 1 N–H and O–H groups in total. The number of aryl methyl sites for hydroxylation is 3. The molecule has 0 saturated carbocycles. The Labute approximate surface area is 121 Å². The fourth-order valence-electron chi connectivity index (χ4n) is 1.98. The lowest BCUT2D eigenvalue weighted by molar-refractivity contribution is 0.182. The Morgan fingerprint density at radius 2 is 1.89 bits per heavy atom. The predicted octanol–water partition coefficient (Wildman–Crippen LogP) is 4.71. The van der Waals surface area contributed by atoms with Crippen molar-refractivity contribution in [3.05, 3.63) is 55.2 Å². The predicted molar refractivity (Wildman–Crippen MR) is 81.3 cm³/mol. The van der Waals surface area contributed by atoms with E-state index in [1.165, 1.54) is 22.3 Å². The molecule has 96 valence electrons. The summed E-state index contributed by atoms with van der Waals surface area (Å²) in [5, 5.41) is 10.3. The highest BCUT2D eigenvalue weighted by Gasteiger charge is 2.14. The quantitative estimate of drug-likeness (QED) is 0.866. The van der Waals surface area contributed by atoms with Crippen LogP contribution >= 0.6 is 27.3 Å². The van der Waals surface area contributed by atoms with E-state index in [0.29, 0.717) is 6.42 Å². The molecular weight excluding hydrogens is 308 g/mol. The van der Waals surface area contributed by atoms with Crippen molar-refractivity contribution < 1.29 is 5.11 Å². The lowest BCUT2D eigenvalue weighted by Gasteiger charge is -2.11. The molecule has 0 aliphatic heterocycles. The highest BCUT2D eigenvalue weighted by Crippen LogP contribution is 2.33. The Balaban J connectivity index is 2.20. The Bertz CT molecular complexity index is 540. The summed E-state index contributed by atoms with van der Waals surface area (Å²) < 4.78 is 1.11. The molecule has 2 aromatic rings. The molecule has 2 rings (SSSR count). The van der Waals surface area contributed by atoms with E-state index < -0.39 is 6.10 Å². The maximum absolute atomic E-state index is 10.3. The second-order valence-electron chi connectivity index (χ2n) is 4.76. The molecule has 1 atom stereocenters. The van der Waals surface area contributed by atoms with Crippen molar-refractivity contribution in [1.29, 1.82) is 0 Å². The number of hydrogen-bond donors (Lipinski definition) is 1. The SMILES string of the molecule is Cc1ccc(C)c(CC(O)c2cc(C)c(Br)s2)c1. The maximum Gasteiger partial charge on any atom is 0.0922 e. The summed E-state index contributed by atoms with van der Waals surface area (Å²) in [6.45, 7) is 6.23. The van der Waals surface area contributed by atoms with Gasteiger partial charge in [0.2, 0.25) is 0 Å². The summed E-state index contributed by atoms with van der Waals surface area (Å²) in [5.74, 6) is 0. The van der Waals surface area contributed by atoms with Gasteiger partial charge < -0.3 is 5.11 Å². The van der Waals surface area contributed by atoms with E-state index in [0.717, 1.165) is 8.66 Å². The Morgan fingerprint density at radius 3 is 2.50 bits per heavy atom. The minimum atomic E-state index is -0.416. The van der Waals surface area contributed by atoms with Gasteiger partial charge in [-0.2, -0.15) is 0 Å². The van der Waals surface area contributed by atoms with Crippen LogP contribution in [0, 0.1) is 20.8 Å². The third-order valence-corrected chi connectivity index (χ3v) is 5.36. The Hall–Kier alpha value is -0.640. The molecule has 0 fully saturated rings. The Morgan fingerprint density at radius 1 is 1.17 bits per heavy atom. The van der Waals surface area contributed by atoms with Crippen LogP contribution in [-0.4, -0.2) is 5.11 Å². The van der Waals surface area contributed by atoms with Crippen molar-refractivity contribution >= 4 is 27.3 Å². The van der Waals surface area contributed by atoms with Gasteiger partial charge in [0.15, 0.2) is 0 Å². The number of halogens is 1. The van der Waals surface area contributed by atoms with Gasteiger partial charge >= 0.3 is 0 Å². The number of aliphatic hydroxyl groups excluding tert-OH is 1. The van der Waals surface area contributed by atoms with E-state index in [-0.39, 0.29) is 0 Å². The van der Waals surface area contributed by atoms with Crippen molar-refractivity contribution in [2.24, 2.45) is 0 Å². The van der Waals surface area contributed by atoms with Gasteiger partial charge in [-0.3, -0.25) is 0 Å². The summed E-state index contributed by atoms with van der Waals surface area (Å²) in [7, 11) is 0. The summed E-state index contributed by atoms with van der Waals surface area (Å²) in [4.78, 5) is 1.03. The first kappa shape index (κ1) is 13.8. The van der Waals surface area contributed by atoms with Gasteiger partial charge in [0, 0.05) is 11.3 Å². The first-order valence-electron chi connectivity index (χ1n) is 5.97. The number of benzene rings is 1. The second-order valence-corrected chi connectivity index (χ2v) is 7.16. The first-order chi connectivity index (χ1) is 8.47. The fraction of sp³-hybridized carbons (Fsp3) is 0.333. The van der Waals surface area contributed by atoms with Gasteiger partial charge in [0.05, 0.1) is 9.89 Å². The average molecular weight is 325 g/mol. The first-order valence-corrected chi connectivity index (χ1v) is 7.58. The number of aliphatic hydroxyl groups is 1. The van der Waals surface area contributed by atoms with Crippen molar-refractivity contribution in [3.8, 4) is 0 Å². The molecule has 18 heavy (non-hydrogen) atoms. The smallest absolute Gasteiger partial charge is 0.0922 e. The fourth-order valence-corrected chi connectivity index (χ4v) is 3.53. The standard InChI is InChI=1S/C15H17BrOS/c1-9-4-5-10(2)12(6-9)8-13(17)14-7-11(3)15(16)18-14/h4-7,13,17H,8H2,1-3H3. The number of thiophene rings is 1. The van der Waals surface area contributed by atoms with Crippen molar-refractivity contribution in [3.63, 3.8) is 0 Å². The highest BCUT2D eigenvalue weighted by molar-refractivity contribution is 9.11. The summed E-state index contributed by atoms with van der Waals surface area (Å²) in [6, 6.07) is 8.45. The summed E-state index contributed by atoms with van der Waals surface area (Å²) in [5.41, 5.74) is 4.90. The van der Waals surface area contributed by atoms with E-state index in [9.17, 15) is 5.11 Å². The second kappa shape index (κ2) is 5.55. The van der Waals surface area contributed by atoms with Crippen LogP contribution in [-0.2, 0) is 6.42 Å². The summed E-state index contributed by atoms with van der Waals surface area (Å²) in [6.07, 6.45) is 0.264. The van der Waals surface area contributed by atoms with E-state index in [2.05, 4.69) is 61.0 Å². The van der Waals surface area contributed by atoms with E-state index in [1.807, 2.05) is 0 Å². The minimum absolute atomic E-state index is 0.416. The van der Waals surface area contributed by atoms with Crippen LogP contribution in [0.5, 0.6) is 0 Å². The van der Waals surface area contributed by atoms with Crippen LogP contribution in [0.2, 0.25) is 0 Å². The third-order valence-electron chi connectivity index (χ3n) is 3.12. The Kier molecular flexibility index (Phi) is 4.25. The minimum Gasteiger partial charge on any atom is -0.387 e. The van der Waals surface area contributed by atoms with E-state index >= 15 is 0 Å². The number of hydrogen-bond acceptors (Lipinski definition) is 2. The van der Waals surface area contributed by atoms with Gasteiger partial charge in [-0.1, -0.05) is 23.8 Å². The monoisotopic (exact) mass is 324 g/mol. The van der Waals surface area contributed by atoms with Crippen molar-refractivity contribution in [1.82, 2.24) is 0 Å². The van der Waals surface area contributed by atoms with Crippen LogP contribution in [0.3, 0.4) is 0 Å². The molecule has 3 heteroatoms. The molecule has 0 radical (unpaired) electrons. The van der Waals surface area contributed by atoms with E-state index in [4.69, 9.17) is 0 Å². The maximum atomic E-state index is 10.3. The van der Waals surface area contributed by atoms with Crippen molar-refractivity contribution in [2.75, 3.05) is 0 Å². The van der Waals surface area contributed by atoms with Gasteiger partial charge in [-0.05, 0) is 59.5 Å². The largest absolute Gasteiger partial charge is 0.387 e. The van der Waals surface area contributed by atoms with Crippen LogP contribution in [0.15, 0.2) is 28.1 Å². The molecule has 1 aromatic carbocycles. The number of rotatable bonds is 3. The van der Waals surface area contributed by atoms with Gasteiger partial charge in [-0.15, -0.1) is 11.3 Å². The van der Waals surface area contributed by atoms with Crippen LogP contribution in [0.25, 0.3) is 0 Å². The van der Waals surface area contributed by atoms with Crippen LogP contribution in [0.4, 0.5) is 0 Å². The van der Waals surface area contributed by atoms with E-state index in [1.54, 1.807) is 11.3 Å². The topological polar surface area (TPSA) is 20.2 Å². The molecule has 0 amide bonds. The molecule has 0 aliphatic rings. The van der Waals surface area contributed by atoms with Crippen LogP contribution < -0.4 is 0 Å². The zero-order valence-corrected chi connectivity index (χ0v) is 13.2. The molecule has 0 saturated heterocycles. The normalized spacial score (nSPS) is 12.7. The molecule has 1 heterocycles. The zero-order chi connectivity index (χ0) is 13.3. The van der Waals surface area contributed by atoms with Crippen LogP contribution in [0.1, 0.15) is 33.2 Å². The summed E-state index contributed by atoms with van der Waals surface area (Å²) >= 11 is 5.12. The molecule has 1 unspecified atom stereocenters. The third kappa shape index (κ3) is 3.02. The molecule has 0 aliphatic carbocycles. The van der Waals surface area contributed by atoms with Gasteiger partial charge in [0.25, 0.3) is 0 Å². The molecular formula is C15H17BrOS. The lowest BCUT2D eigenvalue weighted by Crippen LogP contribution is -2.01. The lowest BCUT2D eigenvalue weighted by atomic mass is 9.99. The average Bonchev–Trinajstić information content (AvgIpc) is 2.64. The zero-order valence-electron chi connectivity index (χ0n) is 10.8. The van der Waals surface area contributed by atoms with Gasteiger partial charge in [0.1, 0.15) is 0 Å². The molecule has 1 nitrogen and oxygen atoms in total. The molecule has 0 spiro atoms. The highest BCUT2D eigenvalue weighted by atomic mass is 79.9. The molecule has 1 aromatic heterocycles. The van der Waals surface area contributed by atoms with Gasteiger partial charge in [-0.25, -0.2) is 0 Å². The van der Waals surface area contributed by atoms with Crippen molar-refractivity contribution in [2.45, 2.75) is 33.3 Å². The molecule has 0 bridgehead atoms.